The summed E-state index contributed by atoms with van der Waals surface area (Å²) >= 11 is 6.02. The van der Waals surface area contributed by atoms with Gasteiger partial charge in [-0.2, -0.15) is 4.31 Å². The molecule has 1 aromatic carbocycles. The van der Waals surface area contributed by atoms with Gasteiger partial charge in [0.15, 0.2) is 0 Å². The second kappa shape index (κ2) is 7.00. The van der Waals surface area contributed by atoms with Crippen molar-refractivity contribution in [3.05, 3.63) is 29.3 Å². The van der Waals surface area contributed by atoms with Crippen LogP contribution in [0.5, 0.6) is 0 Å². The SMILES string of the molecule is CCOC1CC1C(=O)N1CCN(S(=O)(=O)c2ccccc2Cl)CC1. The maximum atomic E-state index is 12.7. The molecule has 24 heavy (non-hydrogen) atoms. The summed E-state index contributed by atoms with van der Waals surface area (Å²) in [7, 11) is -3.63. The van der Waals surface area contributed by atoms with Crippen LogP contribution in [0.3, 0.4) is 0 Å². The average molecular weight is 373 g/mol. The summed E-state index contributed by atoms with van der Waals surface area (Å²) in [6.45, 7) is 3.89. The van der Waals surface area contributed by atoms with Gasteiger partial charge in [-0.25, -0.2) is 8.42 Å². The van der Waals surface area contributed by atoms with Crippen molar-refractivity contribution >= 4 is 27.5 Å². The largest absolute Gasteiger partial charge is 0.378 e. The van der Waals surface area contributed by atoms with Gasteiger partial charge in [0.05, 0.1) is 17.0 Å². The van der Waals surface area contributed by atoms with Gasteiger partial charge in [-0.15, -0.1) is 0 Å². The number of hydrogen-bond donors (Lipinski definition) is 0. The Morgan fingerprint density at radius 2 is 1.92 bits per heavy atom. The number of sulfonamides is 1. The maximum absolute atomic E-state index is 12.7. The zero-order valence-corrected chi connectivity index (χ0v) is 15.1. The van der Waals surface area contributed by atoms with Crippen molar-refractivity contribution in [2.45, 2.75) is 24.3 Å². The Morgan fingerprint density at radius 3 is 2.54 bits per heavy atom. The summed E-state index contributed by atoms with van der Waals surface area (Å²) in [5, 5.41) is 0.216. The normalized spacial score (nSPS) is 24.8. The molecule has 0 radical (unpaired) electrons. The molecule has 2 aliphatic rings. The van der Waals surface area contributed by atoms with Crippen molar-refractivity contribution in [1.82, 2.24) is 9.21 Å². The van der Waals surface area contributed by atoms with E-state index in [0.29, 0.717) is 19.7 Å². The zero-order valence-electron chi connectivity index (χ0n) is 13.5. The molecule has 0 N–H and O–H groups in total. The van der Waals surface area contributed by atoms with Crippen LogP contribution in [0.1, 0.15) is 13.3 Å². The molecule has 1 saturated heterocycles. The summed E-state index contributed by atoms with van der Waals surface area (Å²) in [4.78, 5) is 14.2. The van der Waals surface area contributed by atoms with Crippen molar-refractivity contribution in [3.63, 3.8) is 0 Å². The van der Waals surface area contributed by atoms with Crippen LogP contribution in [0.25, 0.3) is 0 Å². The van der Waals surface area contributed by atoms with Crippen molar-refractivity contribution in [3.8, 4) is 0 Å². The molecular formula is C16H21ClN2O4S. The van der Waals surface area contributed by atoms with Crippen LogP contribution in [0, 0.1) is 5.92 Å². The van der Waals surface area contributed by atoms with Crippen molar-refractivity contribution in [2.75, 3.05) is 32.8 Å². The first-order valence-electron chi connectivity index (χ1n) is 8.10. The van der Waals surface area contributed by atoms with Crippen LogP contribution in [-0.2, 0) is 19.6 Å². The van der Waals surface area contributed by atoms with Crippen LogP contribution in [0.2, 0.25) is 5.02 Å². The number of halogens is 1. The standard InChI is InChI=1S/C16H21ClN2O4S/c1-2-23-14-11-12(14)16(20)18-7-9-19(10-8-18)24(21,22)15-6-4-3-5-13(15)17/h3-6,12,14H,2,7-11H2,1H3. The molecule has 1 aliphatic carbocycles. The highest BCUT2D eigenvalue weighted by molar-refractivity contribution is 7.89. The molecule has 2 fully saturated rings. The van der Waals surface area contributed by atoms with Gasteiger partial charge in [-0.3, -0.25) is 4.79 Å². The van der Waals surface area contributed by atoms with Gasteiger partial charge in [0.2, 0.25) is 15.9 Å². The molecule has 1 amide bonds. The number of carbonyl (C=O) groups is 1. The molecule has 2 unspecified atom stereocenters. The van der Waals surface area contributed by atoms with Crippen molar-refractivity contribution in [2.24, 2.45) is 5.92 Å². The van der Waals surface area contributed by atoms with Crippen molar-refractivity contribution in [1.29, 1.82) is 0 Å². The molecule has 2 atom stereocenters. The smallest absolute Gasteiger partial charge is 0.244 e. The molecule has 132 valence electrons. The third-order valence-electron chi connectivity index (χ3n) is 4.43. The van der Waals surface area contributed by atoms with Crippen LogP contribution >= 0.6 is 11.6 Å². The molecule has 8 heteroatoms. The summed E-state index contributed by atoms with van der Waals surface area (Å²) < 4.78 is 32.2. The fourth-order valence-electron chi connectivity index (χ4n) is 3.01. The van der Waals surface area contributed by atoms with Gasteiger partial charge in [0.1, 0.15) is 4.90 Å². The van der Waals surface area contributed by atoms with E-state index in [2.05, 4.69) is 0 Å². The van der Waals surface area contributed by atoms with Crippen LogP contribution in [-0.4, -0.2) is 62.4 Å². The quantitative estimate of drug-likeness (QED) is 0.787. The van der Waals surface area contributed by atoms with E-state index in [0.717, 1.165) is 6.42 Å². The second-order valence-electron chi connectivity index (χ2n) is 6.00. The minimum Gasteiger partial charge on any atom is -0.378 e. The highest BCUT2D eigenvalue weighted by atomic mass is 35.5. The Balaban J connectivity index is 1.61. The lowest BCUT2D eigenvalue weighted by molar-refractivity contribution is -0.134. The van der Waals surface area contributed by atoms with Crippen LogP contribution < -0.4 is 0 Å². The lowest BCUT2D eigenvalue weighted by Gasteiger charge is -2.34. The number of piperazine rings is 1. The summed E-state index contributed by atoms with van der Waals surface area (Å²) in [5.74, 6) is 0.0138. The number of amides is 1. The highest BCUT2D eigenvalue weighted by Crippen LogP contribution is 2.35. The first-order valence-corrected chi connectivity index (χ1v) is 9.92. The fourth-order valence-corrected chi connectivity index (χ4v) is 4.92. The molecular weight excluding hydrogens is 352 g/mol. The van der Waals surface area contributed by atoms with Crippen LogP contribution in [0.15, 0.2) is 29.2 Å². The third-order valence-corrected chi connectivity index (χ3v) is 6.83. The predicted molar refractivity (Wildman–Crippen MR) is 90.3 cm³/mol. The van der Waals surface area contributed by atoms with E-state index in [1.807, 2.05) is 6.92 Å². The molecule has 1 saturated carbocycles. The first-order chi connectivity index (χ1) is 11.4. The van der Waals surface area contributed by atoms with Crippen LogP contribution in [0.4, 0.5) is 0 Å². The first kappa shape index (κ1) is 17.7. The Morgan fingerprint density at radius 1 is 1.25 bits per heavy atom. The van der Waals surface area contributed by atoms with E-state index in [9.17, 15) is 13.2 Å². The Labute approximate surface area is 147 Å². The van der Waals surface area contributed by atoms with E-state index in [4.69, 9.17) is 16.3 Å². The number of nitrogens with zero attached hydrogens (tertiary/aromatic N) is 2. The average Bonchev–Trinajstić information content (AvgIpc) is 3.34. The topological polar surface area (TPSA) is 66.9 Å². The van der Waals surface area contributed by atoms with E-state index >= 15 is 0 Å². The molecule has 1 aromatic rings. The van der Waals surface area contributed by atoms with Crippen molar-refractivity contribution < 1.29 is 17.9 Å². The summed E-state index contributed by atoms with van der Waals surface area (Å²) in [6, 6.07) is 6.42. The van der Waals surface area contributed by atoms with Gasteiger partial charge in [-0.1, -0.05) is 23.7 Å². The Bertz CT molecular complexity index is 717. The number of hydrogen-bond acceptors (Lipinski definition) is 4. The Hall–Kier alpha value is -1.15. The number of rotatable bonds is 5. The molecule has 0 aromatic heterocycles. The van der Waals surface area contributed by atoms with Gasteiger partial charge in [0.25, 0.3) is 0 Å². The number of carbonyl (C=O) groups excluding carboxylic acids is 1. The molecule has 6 nitrogen and oxygen atoms in total. The van der Waals surface area contributed by atoms with Gasteiger partial charge >= 0.3 is 0 Å². The molecule has 3 rings (SSSR count). The lowest BCUT2D eigenvalue weighted by Crippen LogP contribution is -2.51. The molecule has 1 aliphatic heterocycles. The van der Waals surface area contributed by atoms with Gasteiger partial charge in [-0.05, 0) is 25.5 Å². The van der Waals surface area contributed by atoms with E-state index in [-0.39, 0.29) is 40.9 Å². The van der Waals surface area contributed by atoms with E-state index < -0.39 is 10.0 Å². The van der Waals surface area contributed by atoms with Gasteiger partial charge in [0, 0.05) is 32.8 Å². The second-order valence-corrected chi connectivity index (χ2v) is 8.31. The monoisotopic (exact) mass is 372 g/mol. The third kappa shape index (κ3) is 3.44. The molecule has 1 heterocycles. The number of benzene rings is 1. The summed E-state index contributed by atoms with van der Waals surface area (Å²) in [6.07, 6.45) is 0.803. The zero-order chi connectivity index (χ0) is 17.3. The van der Waals surface area contributed by atoms with E-state index in [1.54, 1.807) is 23.1 Å². The van der Waals surface area contributed by atoms with E-state index in [1.165, 1.54) is 10.4 Å². The minimum absolute atomic E-state index is 0.0346. The maximum Gasteiger partial charge on any atom is 0.244 e. The minimum atomic E-state index is -3.63. The highest BCUT2D eigenvalue weighted by Gasteiger charge is 2.46. The lowest BCUT2D eigenvalue weighted by atomic mass is 10.3. The van der Waals surface area contributed by atoms with Gasteiger partial charge < -0.3 is 9.64 Å². The summed E-state index contributed by atoms with van der Waals surface area (Å²) in [5.41, 5.74) is 0. The molecule has 0 spiro atoms. The predicted octanol–water partition coefficient (Wildman–Crippen LogP) is 1.60. The fraction of sp³-hybridized carbons (Fsp3) is 0.562. The Kier molecular flexibility index (Phi) is 5.15. The molecule has 0 bridgehead atoms. The number of ether oxygens (including phenoxy) is 1.